The predicted molar refractivity (Wildman–Crippen MR) is 140 cm³/mol. The molecule has 0 spiro atoms. The number of rotatable bonds is 4. The van der Waals surface area contributed by atoms with E-state index in [1.165, 1.54) is 11.3 Å². The average Bonchev–Trinajstić information content (AvgIpc) is 3.46. The van der Waals surface area contributed by atoms with Crippen LogP contribution in [0.25, 0.3) is 43.8 Å². The fourth-order valence-corrected chi connectivity index (χ4v) is 5.32. The molecular weight excluding hydrogens is 464 g/mol. The quantitative estimate of drug-likeness (QED) is 0.276. The number of anilines is 1. The van der Waals surface area contributed by atoms with E-state index in [0.29, 0.717) is 32.6 Å². The minimum absolute atomic E-state index is 0.245. The molecule has 6 heteroatoms. The molecule has 0 saturated carbocycles. The lowest BCUT2D eigenvalue weighted by Gasteiger charge is -2.03. The topological polar surface area (TPSA) is 55.1 Å². The number of nitrogens with one attached hydrogen (secondary N) is 1. The summed E-state index contributed by atoms with van der Waals surface area (Å²) in [5.41, 5.74) is 5.13. The minimum Gasteiger partial charge on any atom is -0.436 e. The summed E-state index contributed by atoms with van der Waals surface area (Å²) in [5, 5.41) is 4.29. The van der Waals surface area contributed by atoms with Crippen LogP contribution in [0.4, 0.5) is 5.69 Å². The van der Waals surface area contributed by atoms with Crippen LogP contribution < -0.4 is 5.32 Å². The molecule has 0 bridgehead atoms. The normalized spacial score (nSPS) is 11.2. The Morgan fingerprint density at radius 1 is 0.824 bits per heavy atom. The van der Waals surface area contributed by atoms with Crippen LogP contribution in [0, 0.1) is 0 Å². The van der Waals surface area contributed by atoms with E-state index >= 15 is 0 Å². The van der Waals surface area contributed by atoms with E-state index in [2.05, 4.69) is 34.6 Å². The lowest BCUT2D eigenvalue weighted by atomic mass is 10.0. The van der Waals surface area contributed by atoms with Crippen LogP contribution in [0.5, 0.6) is 0 Å². The molecule has 2 aromatic heterocycles. The summed E-state index contributed by atoms with van der Waals surface area (Å²) in [7, 11) is 0. The highest BCUT2D eigenvalue weighted by Gasteiger charge is 2.18. The van der Waals surface area contributed by atoms with Crippen molar-refractivity contribution in [1.82, 2.24) is 4.98 Å². The average molecular weight is 481 g/mol. The summed E-state index contributed by atoms with van der Waals surface area (Å²) in [6.45, 7) is 0. The molecule has 0 aliphatic carbocycles. The number of hydrogen-bond donors (Lipinski definition) is 1. The molecule has 0 fully saturated rings. The van der Waals surface area contributed by atoms with Gasteiger partial charge in [-0.2, -0.15) is 0 Å². The molecule has 4 nitrogen and oxygen atoms in total. The number of halogens is 1. The van der Waals surface area contributed by atoms with Gasteiger partial charge in [-0.3, -0.25) is 4.79 Å². The van der Waals surface area contributed by atoms with Crippen LogP contribution in [0.3, 0.4) is 0 Å². The molecule has 0 atom stereocenters. The van der Waals surface area contributed by atoms with Crippen LogP contribution in [0.15, 0.2) is 101 Å². The van der Waals surface area contributed by atoms with E-state index in [0.717, 1.165) is 26.8 Å². The monoisotopic (exact) mass is 480 g/mol. The fraction of sp³-hybridized carbons (Fsp3) is 0. The van der Waals surface area contributed by atoms with Gasteiger partial charge in [0.25, 0.3) is 5.91 Å². The molecule has 0 radical (unpaired) electrons. The van der Waals surface area contributed by atoms with Crippen LogP contribution in [-0.4, -0.2) is 10.9 Å². The number of oxazole rings is 1. The van der Waals surface area contributed by atoms with Crippen molar-refractivity contribution < 1.29 is 9.21 Å². The van der Waals surface area contributed by atoms with Crippen molar-refractivity contribution >= 4 is 55.7 Å². The maximum atomic E-state index is 12.9. The Morgan fingerprint density at radius 2 is 1.53 bits per heavy atom. The maximum Gasteiger partial charge on any atom is 0.267 e. The van der Waals surface area contributed by atoms with E-state index in [4.69, 9.17) is 16.0 Å². The van der Waals surface area contributed by atoms with Crippen LogP contribution >= 0.6 is 22.9 Å². The molecule has 4 aromatic carbocycles. The third kappa shape index (κ3) is 3.75. The molecule has 0 aliphatic rings. The van der Waals surface area contributed by atoms with Crippen molar-refractivity contribution in [1.29, 1.82) is 0 Å². The predicted octanol–water partition coefficient (Wildman–Crippen LogP) is 8.28. The Labute approximate surface area is 204 Å². The van der Waals surface area contributed by atoms with E-state index in [1.807, 2.05) is 60.7 Å². The van der Waals surface area contributed by atoms with Gasteiger partial charge >= 0.3 is 0 Å². The molecule has 0 aliphatic heterocycles. The zero-order chi connectivity index (χ0) is 23.1. The highest BCUT2D eigenvalue weighted by molar-refractivity contribution is 7.21. The second kappa shape index (κ2) is 8.45. The van der Waals surface area contributed by atoms with Gasteiger partial charge in [-0.05, 0) is 47.5 Å². The van der Waals surface area contributed by atoms with E-state index in [-0.39, 0.29) is 5.91 Å². The zero-order valence-corrected chi connectivity index (χ0v) is 19.4. The first-order valence-corrected chi connectivity index (χ1v) is 11.9. The van der Waals surface area contributed by atoms with Crippen molar-refractivity contribution in [2.24, 2.45) is 0 Å². The summed E-state index contributed by atoms with van der Waals surface area (Å²) in [4.78, 5) is 18.0. The maximum absolute atomic E-state index is 12.9. The molecular formula is C28H17ClN2O2S. The molecule has 1 amide bonds. The van der Waals surface area contributed by atoms with Gasteiger partial charge in [0.15, 0.2) is 5.58 Å². The summed E-state index contributed by atoms with van der Waals surface area (Å²) in [6.07, 6.45) is 0. The largest absolute Gasteiger partial charge is 0.436 e. The van der Waals surface area contributed by atoms with Gasteiger partial charge in [0.2, 0.25) is 5.89 Å². The van der Waals surface area contributed by atoms with Crippen LogP contribution in [-0.2, 0) is 0 Å². The van der Waals surface area contributed by atoms with Gasteiger partial charge in [-0.15, -0.1) is 11.3 Å². The highest BCUT2D eigenvalue weighted by atomic mass is 35.5. The van der Waals surface area contributed by atoms with E-state index < -0.39 is 0 Å². The standard InChI is InChI=1S/C28H17ClN2O2S/c29-25-21-8-4-5-9-24(21)34-26(25)27(32)30-20-14-15-23-22(16-20)31-28(33-23)19-12-10-18(11-13-19)17-6-2-1-3-7-17/h1-16H,(H,30,32). The number of hydrogen-bond acceptors (Lipinski definition) is 4. The number of fused-ring (bicyclic) bond motifs is 2. The Kier molecular flexibility index (Phi) is 5.13. The SMILES string of the molecule is O=C(Nc1ccc2oc(-c3ccc(-c4ccccc4)cc3)nc2c1)c1sc2ccccc2c1Cl. The summed E-state index contributed by atoms with van der Waals surface area (Å²) < 4.78 is 6.94. The van der Waals surface area contributed by atoms with Gasteiger partial charge < -0.3 is 9.73 Å². The Morgan fingerprint density at radius 3 is 2.32 bits per heavy atom. The molecule has 0 saturated heterocycles. The molecule has 34 heavy (non-hydrogen) atoms. The summed E-state index contributed by atoms with van der Waals surface area (Å²) >= 11 is 7.83. The van der Waals surface area contributed by atoms with Crippen molar-refractivity contribution in [3.8, 4) is 22.6 Å². The fourth-order valence-electron chi connectivity index (χ4n) is 3.91. The third-order valence-corrected chi connectivity index (χ3v) is 7.30. The van der Waals surface area contributed by atoms with Crippen molar-refractivity contribution in [2.75, 3.05) is 5.32 Å². The van der Waals surface area contributed by atoms with Crippen molar-refractivity contribution in [3.05, 3.63) is 107 Å². The van der Waals surface area contributed by atoms with Crippen molar-refractivity contribution in [2.45, 2.75) is 0 Å². The van der Waals surface area contributed by atoms with Crippen molar-refractivity contribution in [3.63, 3.8) is 0 Å². The van der Waals surface area contributed by atoms with Gasteiger partial charge in [0, 0.05) is 21.3 Å². The van der Waals surface area contributed by atoms with E-state index in [9.17, 15) is 4.79 Å². The smallest absolute Gasteiger partial charge is 0.267 e. The van der Waals surface area contributed by atoms with Gasteiger partial charge in [0.05, 0.1) is 5.02 Å². The van der Waals surface area contributed by atoms with Gasteiger partial charge in [0.1, 0.15) is 10.4 Å². The van der Waals surface area contributed by atoms with E-state index in [1.54, 1.807) is 12.1 Å². The number of carbonyl (C=O) groups is 1. The second-order valence-electron chi connectivity index (χ2n) is 7.84. The molecule has 6 aromatic rings. The number of amides is 1. The molecule has 6 rings (SSSR count). The van der Waals surface area contributed by atoms with Crippen LogP contribution in [0.1, 0.15) is 9.67 Å². The van der Waals surface area contributed by atoms with Gasteiger partial charge in [-0.25, -0.2) is 4.98 Å². The molecule has 2 heterocycles. The zero-order valence-electron chi connectivity index (χ0n) is 17.8. The number of benzene rings is 4. The number of aromatic nitrogens is 1. The number of carbonyl (C=O) groups excluding carboxylic acids is 1. The highest BCUT2D eigenvalue weighted by Crippen LogP contribution is 2.36. The lowest BCUT2D eigenvalue weighted by molar-refractivity contribution is 0.103. The Bertz CT molecular complexity index is 1650. The number of nitrogens with zero attached hydrogens (tertiary/aromatic N) is 1. The molecule has 164 valence electrons. The molecule has 0 unspecified atom stereocenters. The third-order valence-electron chi connectivity index (χ3n) is 5.63. The first kappa shape index (κ1) is 20.7. The Hall–Kier alpha value is -3.93. The lowest BCUT2D eigenvalue weighted by Crippen LogP contribution is -2.10. The first-order chi connectivity index (χ1) is 16.7. The van der Waals surface area contributed by atoms with Crippen LogP contribution in [0.2, 0.25) is 5.02 Å². The first-order valence-electron chi connectivity index (χ1n) is 10.7. The minimum atomic E-state index is -0.245. The molecule has 1 N–H and O–H groups in total. The number of thiophene rings is 1. The summed E-state index contributed by atoms with van der Waals surface area (Å²) in [5.74, 6) is 0.288. The summed E-state index contributed by atoms with van der Waals surface area (Å²) in [6, 6.07) is 31.5. The Balaban J connectivity index is 1.26. The van der Waals surface area contributed by atoms with Gasteiger partial charge in [-0.1, -0.05) is 72.3 Å². The second-order valence-corrected chi connectivity index (χ2v) is 9.27.